The van der Waals surface area contributed by atoms with Crippen molar-refractivity contribution >= 4 is 27.5 Å². The van der Waals surface area contributed by atoms with Gasteiger partial charge in [-0.2, -0.15) is 0 Å². The van der Waals surface area contributed by atoms with Crippen LogP contribution in [-0.2, 0) is 20.0 Å². The minimum atomic E-state index is -0.518. The summed E-state index contributed by atoms with van der Waals surface area (Å²) in [5.41, 5.74) is -0.346. The maximum absolute atomic E-state index is 13.2. The Bertz CT molecular complexity index is 985. The summed E-state index contributed by atoms with van der Waals surface area (Å²) >= 11 is 1.38. The molecule has 2 aromatic heterocycles. The van der Waals surface area contributed by atoms with Gasteiger partial charge in [0.1, 0.15) is 4.83 Å². The lowest BCUT2D eigenvalue weighted by atomic mass is 10.1. The highest BCUT2D eigenvalue weighted by atomic mass is 32.1. The van der Waals surface area contributed by atoms with Crippen molar-refractivity contribution in [2.75, 3.05) is 13.1 Å². The third-order valence-corrected chi connectivity index (χ3v) is 6.21. The number of aryl methyl sites for hydroxylation is 1. The van der Waals surface area contributed by atoms with Gasteiger partial charge in [-0.05, 0) is 18.8 Å². The van der Waals surface area contributed by atoms with E-state index in [2.05, 4.69) is 0 Å². The van der Waals surface area contributed by atoms with Crippen molar-refractivity contribution in [1.29, 1.82) is 0 Å². The van der Waals surface area contributed by atoms with E-state index in [4.69, 9.17) is 0 Å². The number of carbonyl (C=O) groups is 1. The van der Waals surface area contributed by atoms with Gasteiger partial charge < -0.3 is 10.0 Å². The minimum Gasteiger partial charge on any atom is -0.391 e. The van der Waals surface area contributed by atoms with Crippen LogP contribution in [0.25, 0.3) is 10.2 Å². The average molecular weight is 394 g/mol. The van der Waals surface area contributed by atoms with Crippen LogP contribution >= 0.6 is 11.3 Å². The number of carbonyl (C=O) groups excluding carboxylic acids is 1. The van der Waals surface area contributed by atoms with Gasteiger partial charge in [0.05, 0.1) is 17.1 Å². The molecule has 0 radical (unpaired) electrons. The number of aliphatic hydroxyl groups is 1. The lowest BCUT2D eigenvalue weighted by molar-refractivity contribution is 0.0766. The van der Waals surface area contributed by atoms with E-state index in [1.165, 1.54) is 18.4 Å². The Labute approximate surface area is 161 Å². The number of amides is 1. The molecule has 1 atom stereocenters. The van der Waals surface area contributed by atoms with Crippen molar-refractivity contribution in [2.24, 2.45) is 13.0 Å². The number of fused-ring (bicyclic) bond motifs is 1. The molecule has 0 aliphatic carbocycles. The van der Waals surface area contributed by atoms with E-state index < -0.39 is 11.7 Å². The van der Waals surface area contributed by atoms with Crippen LogP contribution in [0.2, 0.25) is 0 Å². The topological polar surface area (TPSA) is 84.5 Å². The number of thiophene rings is 1. The van der Waals surface area contributed by atoms with Crippen LogP contribution in [-0.4, -0.2) is 44.2 Å². The first-order valence-electron chi connectivity index (χ1n) is 9.48. The molecular formula is C19H27N3O4S. The standard InChI is InChI=1S/C19H27N3O4S/c1-5-6-13-14(17(25)21-8-7-12(23)10-21)15-16(24)20(4)19(26)22(9-11(2)3)18(15)27-13/h11-12,23H,5-10H2,1-4H3. The number of likely N-dealkylation sites (tertiary alicyclic amines) is 1. The molecule has 1 fully saturated rings. The molecule has 0 spiro atoms. The summed E-state index contributed by atoms with van der Waals surface area (Å²) in [5, 5.41) is 10.2. The van der Waals surface area contributed by atoms with E-state index in [0.29, 0.717) is 41.7 Å². The molecule has 7 nitrogen and oxygen atoms in total. The number of rotatable bonds is 5. The van der Waals surface area contributed by atoms with Crippen LogP contribution in [0.1, 0.15) is 48.8 Å². The fourth-order valence-corrected chi connectivity index (χ4v) is 5.00. The average Bonchev–Trinajstić information content (AvgIpc) is 3.20. The predicted molar refractivity (Wildman–Crippen MR) is 107 cm³/mol. The normalized spacial score (nSPS) is 17.4. The van der Waals surface area contributed by atoms with Crippen LogP contribution in [0, 0.1) is 5.92 Å². The number of β-amino-alcohol motifs (C(OH)–C–C–N with tert-alkyl or cyclic N) is 1. The van der Waals surface area contributed by atoms with Gasteiger partial charge in [-0.1, -0.05) is 27.2 Å². The Morgan fingerprint density at radius 2 is 2.04 bits per heavy atom. The number of nitrogens with zero attached hydrogens (tertiary/aromatic N) is 3. The van der Waals surface area contributed by atoms with Gasteiger partial charge in [0.25, 0.3) is 11.5 Å². The first-order chi connectivity index (χ1) is 12.8. The van der Waals surface area contributed by atoms with Gasteiger partial charge in [-0.3, -0.25) is 18.7 Å². The molecular weight excluding hydrogens is 366 g/mol. The molecule has 1 N–H and O–H groups in total. The van der Waals surface area contributed by atoms with Crippen molar-refractivity contribution in [1.82, 2.24) is 14.0 Å². The monoisotopic (exact) mass is 393 g/mol. The fourth-order valence-electron chi connectivity index (χ4n) is 3.62. The maximum atomic E-state index is 13.2. The smallest absolute Gasteiger partial charge is 0.331 e. The van der Waals surface area contributed by atoms with Gasteiger partial charge in [0.15, 0.2) is 0 Å². The molecule has 0 bridgehead atoms. The van der Waals surface area contributed by atoms with E-state index in [0.717, 1.165) is 15.9 Å². The third kappa shape index (κ3) is 3.48. The van der Waals surface area contributed by atoms with Crippen LogP contribution < -0.4 is 11.2 Å². The van der Waals surface area contributed by atoms with Crippen molar-refractivity contribution in [2.45, 2.75) is 52.7 Å². The zero-order chi connectivity index (χ0) is 19.9. The van der Waals surface area contributed by atoms with Crippen LogP contribution in [0.3, 0.4) is 0 Å². The Morgan fingerprint density at radius 1 is 1.33 bits per heavy atom. The molecule has 0 aromatic carbocycles. The summed E-state index contributed by atoms with van der Waals surface area (Å²) < 4.78 is 2.73. The number of hydrogen-bond donors (Lipinski definition) is 1. The summed E-state index contributed by atoms with van der Waals surface area (Å²) in [6, 6.07) is 0. The maximum Gasteiger partial charge on any atom is 0.331 e. The van der Waals surface area contributed by atoms with Crippen molar-refractivity contribution < 1.29 is 9.90 Å². The summed E-state index contributed by atoms with van der Waals surface area (Å²) in [7, 11) is 1.46. The molecule has 1 aliphatic rings. The zero-order valence-electron chi connectivity index (χ0n) is 16.3. The van der Waals surface area contributed by atoms with E-state index in [1.807, 2.05) is 20.8 Å². The van der Waals surface area contributed by atoms with Gasteiger partial charge in [-0.25, -0.2) is 4.79 Å². The summed E-state index contributed by atoms with van der Waals surface area (Å²) in [6.07, 6.45) is 1.54. The second-order valence-corrected chi connectivity index (χ2v) is 8.76. The number of aromatic nitrogens is 2. The van der Waals surface area contributed by atoms with E-state index in [9.17, 15) is 19.5 Å². The molecule has 3 rings (SSSR count). The Balaban J connectivity index is 2.30. The molecule has 0 saturated carbocycles. The second kappa shape index (κ2) is 7.59. The van der Waals surface area contributed by atoms with Gasteiger partial charge in [-0.15, -0.1) is 11.3 Å². The molecule has 1 unspecified atom stereocenters. The molecule has 2 aromatic rings. The van der Waals surface area contributed by atoms with Gasteiger partial charge in [0, 0.05) is 31.6 Å². The predicted octanol–water partition coefficient (Wildman–Crippen LogP) is 1.58. The van der Waals surface area contributed by atoms with Crippen LogP contribution in [0.5, 0.6) is 0 Å². The Kier molecular flexibility index (Phi) is 5.58. The summed E-state index contributed by atoms with van der Waals surface area (Å²) in [5.74, 6) is 0.0149. The molecule has 3 heterocycles. The highest BCUT2D eigenvalue weighted by molar-refractivity contribution is 7.19. The fraction of sp³-hybridized carbons (Fsp3) is 0.632. The van der Waals surface area contributed by atoms with E-state index >= 15 is 0 Å². The second-order valence-electron chi connectivity index (χ2n) is 7.68. The largest absolute Gasteiger partial charge is 0.391 e. The lowest BCUT2D eigenvalue weighted by Crippen LogP contribution is -2.39. The summed E-state index contributed by atoms with van der Waals surface area (Å²) in [4.78, 5) is 41.9. The Hall–Kier alpha value is -1.93. The summed E-state index contributed by atoms with van der Waals surface area (Å²) in [6.45, 7) is 7.31. The first-order valence-corrected chi connectivity index (χ1v) is 10.3. The first kappa shape index (κ1) is 19.8. The molecule has 1 amide bonds. The van der Waals surface area contributed by atoms with E-state index in [1.54, 1.807) is 9.47 Å². The van der Waals surface area contributed by atoms with Gasteiger partial charge in [0.2, 0.25) is 0 Å². The van der Waals surface area contributed by atoms with E-state index in [-0.39, 0.29) is 24.1 Å². The highest BCUT2D eigenvalue weighted by Gasteiger charge is 2.31. The zero-order valence-corrected chi connectivity index (χ0v) is 17.1. The molecule has 1 saturated heterocycles. The molecule has 8 heteroatoms. The number of hydrogen-bond acceptors (Lipinski definition) is 5. The molecule has 27 heavy (non-hydrogen) atoms. The quantitative estimate of drug-likeness (QED) is 0.836. The van der Waals surface area contributed by atoms with Crippen LogP contribution in [0.15, 0.2) is 9.59 Å². The minimum absolute atomic E-state index is 0.215. The van der Waals surface area contributed by atoms with Crippen molar-refractivity contribution in [3.8, 4) is 0 Å². The molecule has 1 aliphatic heterocycles. The highest BCUT2D eigenvalue weighted by Crippen LogP contribution is 2.32. The lowest BCUT2D eigenvalue weighted by Gasteiger charge is -2.16. The van der Waals surface area contributed by atoms with Gasteiger partial charge >= 0.3 is 5.69 Å². The van der Waals surface area contributed by atoms with Crippen molar-refractivity contribution in [3.63, 3.8) is 0 Å². The third-order valence-electron chi connectivity index (χ3n) is 4.93. The van der Waals surface area contributed by atoms with Crippen LogP contribution in [0.4, 0.5) is 0 Å². The Morgan fingerprint density at radius 3 is 2.59 bits per heavy atom. The molecule has 148 valence electrons. The SMILES string of the molecule is CCCc1sc2c(c1C(=O)N1CCC(O)C1)c(=O)n(C)c(=O)n2CC(C)C. The number of aliphatic hydroxyl groups excluding tert-OH is 1. The van der Waals surface area contributed by atoms with Crippen molar-refractivity contribution in [3.05, 3.63) is 31.3 Å².